The number of urea groups is 3. The Hall–Kier alpha value is -14.4. The van der Waals surface area contributed by atoms with Gasteiger partial charge in [0.2, 0.25) is 0 Å². The molecule has 3 aromatic heterocycles. The molecule has 12 aromatic rings. The van der Waals surface area contributed by atoms with E-state index in [1.165, 1.54) is 89.8 Å². The largest absolute Gasteiger partial charge is 0.573 e. The van der Waals surface area contributed by atoms with Gasteiger partial charge in [0.25, 0.3) is 5.92 Å². The van der Waals surface area contributed by atoms with E-state index in [1.807, 2.05) is 20.8 Å². The fourth-order valence-electron chi connectivity index (χ4n) is 13.7. The highest BCUT2D eigenvalue weighted by atomic mass is 32.1. The molecule has 6 N–H and O–H groups in total. The van der Waals surface area contributed by atoms with Gasteiger partial charge in [-0.25, -0.2) is 33.9 Å². The molecule has 45 heteroatoms. The average molecular weight is 1960 g/mol. The van der Waals surface area contributed by atoms with E-state index in [1.54, 1.807) is 111 Å². The summed E-state index contributed by atoms with van der Waals surface area (Å²) < 4.78 is 302. The van der Waals surface area contributed by atoms with Crippen LogP contribution < -0.4 is 60.3 Å². The van der Waals surface area contributed by atoms with Crippen molar-refractivity contribution in [2.45, 2.75) is 127 Å². The number of aromatic nitrogens is 4. The van der Waals surface area contributed by atoms with Crippen LogP contribution in [0.25, 0.3) is 0 Å². The molecular formula is C91H78F20N10O13S2. The van der Waals surface area contributed by atoms with Crippen LogP contribution >= 0.6 is 22.7 Å². The minimum atomic E-state index is -5.12. The lowest BCUT2D eigenvalue weighted by molar-refractivity contribution is -0.275. The van der Waals surface area contributed by atoms with Gasteiger partial charge < -0.3 is 53.8 Å². The van der Waals surface area contributed by atoms with E-state index < -0.39 is 141 Å². The van der Waals surface area contributed by atoms with Crippen LogP contribution in [0.1, 0.15) is 123 Å². The topological polar surface area (TPSA) is 275 Å². The Bertz CT molecular complexity index is 5910. The summed E-state index contributed by atoms with van der Waals surface area (Å²) in [6.45, 7) is 9.30. The lowest BCUT2D eigenvalue weighted by atomic mass is 9.77. The molecule has 23 nitrogen and oxygen atoms in total. The van der Waals surface area contributed by atoms with E-state index in [9.17, 15) is 112 Å². The molecule has 0 radical (unpaired) electrons. The maximum absolute atomic E-state index is 14.4. The first kappa shape index (κ1) is 104. The predicted molar refractivity (Wildman–Crippen MR) is 456 cm³/mol. The summed E-state index contributed by atoms with van der Waals surface area (Å²) in [6.07, 6.45) is -30.9. The van der Waals surface area contributed by atoms with E-state index >= 15 is 0 Å². The van der Waals surface area contributed by atoms with Crippen molar-refractivity contribution in [3.8, 4) is 34.5 Å². The van der Waals surface area contributed by atoms with Gasteiger partial charge in [0.1, 0.15) is 50.9 Å². The van der Waals surface area contributed by atoms with Crippen molar-refractivity contribution in [2.75, 3.05) is 29.2 Å². The molecule has 0 aliphatic carbocycles. The minimum Gasteiger partial charge on any atom is -0.462 e. The second-order valence-corrected chi connectivity index (χ2v) is 32.1. The zero-order valence-corrected chi connectivity index (χ0v) is 73.3. The van der Waals surface area contributed by atoms with Crippen LogP contribution in [0.15, 0.2) is 248 Å². The molecule has 0 unspecified atom stereocenters. The summed E-state index contributed by atoms with van der Waals surface area (Å²) >= 11 is 1.27. The third-order valence-electron chi connectivity index (χ3n) is 19.1. The summed E-state index contributed by atoms with van der Waals surface area (Å²) in [6, 6.07) is 51.9. The van der Waals surface area contributed by atoms with Gasteiger partial charge in [0.15, 0.2) is 16.0 Å². The van der Waals surface area contributed by atoms with E-state index in [4.69, 9.17) is 9.47 Å². The Labute approximate surface area is 768 Å². The smallest absolute Gasteiger partial charge is 0.462 e. The number of ether oxygens (including phenoxy) is 8. The Morgan fingerprint density at radius 2 is 0.640 bits per heavy atom. The summed E-state index contributed by atoms with van der Waals surface area (Å²) in [4.78, 5) is 72.4. The number of nitrogens with one attached hydrogen (secondary N) is 6. The first-order valence-electron chi connectivity index (χ1n) is 39.9. The van der Waals surface area contributed by atoms with Crippen molar-refractivity contribution in [1.82, 2.24) is 35.7 Å². The number of rotatable bonds is 29. The minimum absolute atomic E-state index is 0.0255. The van der Waals surface area contributed by atoms with Crippen molar-refractivity contribution < 1.29 is 150 Å². The van der Waals surface area contributed by atoms with Crippen LogP contribution in [0.3, 0.4) is 0 Å². The number of anilines is 3. The van der Waals surface area contributed by atoms with Crippen molar-refractivity contribution in [2.24, 2.45) is 7.05 Å². The number of aryl methyl sites for hydroxylation is 1. The first-order valence-corrected chi connectivity index (χ1v) is 41.6. The Morgan fingerprint density at radius 1 is 0.353 bits per heavy atom. The zero-order chi connectivity index (χ0) is 99.6. The van der Waals surface area contributed by atoms with Crippen LogP contribution in [0.5, 0.6) is 34.5 Å². The maximum atomic E-state index is 14.4. The number of amides is 6. The van der Waals surface area contributed by atoms with Gasteiger partial charge in [-0.15, -0.1) is 90.4 Å². The molecule has 0 bridgehead atoms. The molecule has 6 amide bonds. The Balaban J connectivity index is 0.000000211. The highest BCUT2D eigenvalue weighted by Gasteiger charge is 2.46. The molecule has 0 aliphatic heterocycles. The third kappa shape index (κ3) is 30.1. The number of hydrogen-bond donors (Lipinski definition) is 6. The highest BCUT2D eigenvalue weighted by Crippen LogP contribution is 2.45. The van der Waals surface area contributed by atoms with Crippen LogP contribution in [-0.2, 0) is 63.7 Å². The maximum Gasteiger partial charge on any atom is 0.573 e. The fraction of sp³-hybridized carbons (Fsp3) is 0.253. The number of carbonyl (C=O) groups excluding carboxylic acids is 5. The lowest BCUT2D eigenvalue weighted by Crippen LogP contribution is -2.50. The zero-order valence-electron chi connectivity index (χ0n) is 71.7. The second kappa shape index (κ2) is 42.9. The van der Waals surface area contributed by atoms with Crippen LogP contribution in [0.4, 0.5) is 118 Å². The molecule has 0 spiro atoms. The standard InChI is InChI=1S/C31H25F8N3O5S.C31H30F6N4O3.C29H23F6N3O5S/c1-3-45-25(43)23-24(28(2,32)33)40-27(48-23)41-26(44)42-29(17-18-9-5-4-6-10-18,19-11-7-13-21(15-19)46-30(34,35)36)20-12-8-14-22(16-20)47-31(37,38)39;1-28(2,3)25-18-26(41(4)40-25)38-27(42)39-29(19-20-10-6-5-7-11-20,21-12-8-14-23(16-21)43-30(32,33)34)22-13-9-15-24(17-22)44-31(35,36)37;1-2-41-24(39)23-17-44-26(36-23)37-25(40)38-27(16-18-8-4-3-5-9-18,19-10-6-12-21(14-19)42-28(30,31)32)20-11-7-13-22(15-20)43-29(33,34)35/h4-16H,3,17H2,1-2H3,(H2,40,41,42,44);5-18H,19H2,1-4H3,(H2,38,39,42);3-15,17H,2,16H2,1H3,(H2,36,37,38,40). The molecule has 9 aromatic carbocycles. The monoisotopic (exact) mass is 1960 g/mol. The van der Waals surface area contributed by atoms with E-state index in [2.05, 4.69) is 75.4 Å². The van der Waals surface area contributed by atoms with Crippen molar-refractivity contribution in [3.63, 3.8) is 0 Å². The van der Waals surface area contributed by atoms with Gasteiger partial charge in [-0.05, 0) is 137 Å². The van der Waals surface area contributed by atoms with Gasteiger partial charge >= 0.3 is 68.2 Å². The van der Waals surface area contributed by atoms with E-state index in [0.717, 1.165) is 84.1 Å². The Kier molecular flexibility index (Phi) is 32.7. The number of thiazole rings is 2. The molecule has 0 fully saturated rings. The molecular weight excluding hydrogens is 1890 g/mol. The molecule has 0 saturated carbocycles. The predicted octanol–water partition coefficient (Wildman–Crippen LogP) is 23.8. The van der Waals surface area contributed by atoms with Gasteiger partial charge in [0.05, 0.1) is 35.5 Å². The average Bonchev–Trinajstić information content (AvgIpc) is 1.04. The van der Waals surface area contributed by atoms with Crippen LogP contribution in [0, 0.1) is 0 Å². The summed E-state index contributed by atoms with van der Waals surface area (Å²) in [5.74, 6) is -9.02. The summed E-state index contributed by atoms with van der Waals surface area (Å²) in [7, 11) is 1.62. The lowest BCUT2D eigenvalue weighted by Gasteiger charge is -2.37. The number of nitrogens with zero attached hydrogens (tertiary/aromatic N) is 4. The molecule has 722 valence electrons. The number of alkyl halides is 20. The van der Waals surface area contributed by atoms with E-state index in [-0.39, 0.29) is 82.1 Å². The van der Waals surface area contributed by atoms with Crippen LogP contribution in [-0.4, -0.2) is 101 Å². The van der Waals surface area contributed by atoms with E-state index in [0.29, 0.717) is 46.5 Å². The molecule has 3 heterocycles. The van der Waals surface area contributed by atoms with Crippen molar-refractivity contribution in [3.05, 3.63) is 320 Å². The van der Waals surface area contributed by atoms with Gasteiger partial charge in [-0.1, -0.05) is 196 Å². The van der Waals surface area contributed by atoms with Crippen molar-refractivity contribution in [1.29, 1.82) is 0 Å². The molecule has 12 rings (SSSR count). The Morgan fingerprint density at radius 3 is 0.912 bits per heavy atom. The quantitative estimate of drug-likeness (QED) is 0.0188. The molecule has 136 heavy (non-hydrogen) atoms. The van der Waals surface area contributed by atoms with Gasteiger partial charge in [-0.2, -0.15) is 13.9 Å². The molecule has 0 atom stereocenters. The highest BCUT2D eigenvalue weighted by molar-refractivity contribution is 7.17. The number of hydrogen-bond acceptors (Lipinski definition) is 18. The number of benzene rings is 9. The van der Waals surface area contributed by atoms with Crippen LogP contribution in [0.2, 0.25) is 0 Å². The summed E-state index contributed by atoms with van der Waals surface area (Å²) in [5.41, 5.74) is -4.47. The molecule has 0 aliphatic rings. The van der Waals surface area contributed by atoms with Crippen molar-refractivity contribution >= 4 is 68.8 Å². The molecule has 0 saturated heterocycles. The number of carbonyl (C=O) groups is 5. The fourth-order valence-corrected chi connectivity index (χ4v) is 15.3. The first-order chi connectivity index (χ1) is 63.6. The summed E-state index contributed by atoms with van der Waals surface area (Å²) in [5, 5.41) is 20.9. The van der Waals surface area contributed by atoms with Gasteiger partial charge in [-0.3, -0.25) is 20.6 Å². The SMILES string of the molecule is CCOC(=O)c1csc(NC(=O)NC(Cc2ccccc2)(c2cccc(OC(F)(F)F)c2)c2cccc(OC(F)(F)F)c2)n1.CCOC(=O)c1sc(NC(=O)NC(Cc2ccccc2)(c2cccc(OC(F)(F)F)c2)c2cccc(OC(F)(F)F)c2)nc1C(C)(F)F.Cn1nc(C(C)(C)C)cc1NC(=O)NC(Cc1ccccc1)(c1cccc(OC(F)(F)F)c1)c1cccc(OC(F)(F)F)c1. The van der Waals surface area contributed by atoms with Gasteiger partial charge in [0, 0.05) is 50.1 Å². The number of esters is 2. The second-order valence-electron chi connectivity index (χ2n) is 30.2. The normalized spacial score (nSPS) is 12.2. The third-order valence-corrected chi connectivity index (χ3v) is 20.8. The number of halogens is 20.